The highest BCUT2D eigenvalue weighted by Gasteiger charge is 2.18. The molecule has 112 valence electrons. The van der Waals surface area contributed by atoms with Crippen molar-refractivity contribution in [1.29, 1.82) is 0 Å². The number of benzene rings is 1. The normalized spacial score (nSPS) is 16.4. The molecule has 1 saturated heterocycles. The van der Waals surface area contributed by atoms with Crippen LogP contribution in [0.3, 0.4) is 0 Å². The number of nitrogens with zero attached hydrogens (tertiary/aromatic N) is 1. The molecule has 1 aromatic rings. The maximum Gasteiger partial charge on any atom is 0.119 e. The van der Waals surface area contributed by atoms with Crippen LogP contribution in [-0.2, 0) is 0 Å². The first-order chi connectivity index (χ1) is 9.83. The van der Waals surface area contributed by atoms with Gasteiger partial charge in [0.2, 0.25) is 0 Å². The third-order valence-corrected chi connectivity index (χ3v) is 3.85. The molecule has 0 saturated carbocycles. The van der Waals surface area contributed by atoms with E-state index < -0.39 is 0 Å². The van der Waals surface area contributed by atoms with Crippen LogP contribution >= 0.6 is 0 Å². The maximum absolute atomic E-state index is 5.63. The second-order valence-corrected chi connectivity index (χ2v) is 5.56. The Balaban J connectivity index is 1.81. The molecule has 1 aliphatic heterocycles. The lowest BCUT2D eigenvalue weighted by atomic mass is 10.0. The van der Waals surface area contributed by atoms with Gasteiger partial charge in [-0.25, -0.2) is 0 Å². The number of piperidine rings is 1. The number of rotatable bonds is 7. The van der Waals surface area contributed by atoms with Crippen LogP contribution in [0, 0.1) is 0 Å². The molecule has 0 aromatic heterocycles. The van der Waals surface area contributed by atoms with Gasteiger partial charge < -0.3 is 15.0 Å². The zero-order chi connectivity index (χ0) is 14.2. The van der Waals surface area contributed by atoms with Crippen molar-refractivity contribution in [1.82, 2.24) is 5.32 Å². The highest BCUT2D eigenvalue weighted by molar-refractivity contribution is 5.49. The zero-order valence-corrected chi connectivity index (χ0v) is 12.9. The van der Waals surface area contributed by atoms with Crippen LogP contribution in [0.1, 0.15) is 39.5 Å². The maximum atomic E-state index is 5.63. The summed E-state index contributed by atoms with van der Waals surface area (Å²) in [5.74, 6) is 0.982. The van der Waals surface area contributed by atoms with E-state index in [1.54, 1.807) is 0 Å². The van der Waals surface area contributed by atoms with Crippen molar-refractivity contribution in [3.63, 3.8) is 0 Å². The Morgan fingerprint density at radius 2 is 1.80 bits per heavy atom. The number of hydrogen-bond acceptors (Lipinski definition) is 3. The van der Waals surface area contributed by atoms with Crippen LogP contribution in [0.15, 0.2) is 24.3 Å². The van der Waals surface area contributed by atoms with Crippen molar-refractivity contribution in [2.45, 2.75) is 45.6 Å². The first kappa shape index (κ1) is 15.2. The van der Waals surface area contributed by atoms with Crippen molar-refractivity contribution in [2.24, 2.45) is 0 Å². The first-order valence-corrected chi connectivity index (χ1v) is 8.04. The summed E-state index contributed by atoms with van der Waals surface area (Å²) < 4.78 is 5.63. The molecule has 0 amide bonds. The Kier molecular flexibility index (Phi) is 6.19. The van der Waals surface area contributed by atoms with Crippen LogP contribution in [-0.4, -0.2) is 32.3 Å². The molecule has 1 heterocycles. The summed E-state index contributed by atoms with van der Waals surface area (Å²) in [6, 6.07) is 9.26. The lowest BCUT2D eigenvalue weighted by Gasteiger charge is -2.34. The van der Waals surface area contributed by atoms with E-state index in [2.05, 4.69) is 48.3 Å². The summed E-state index contributed by atoms with van der Waals surface area (Å²) in [5.41, 5.74) is 1.32. The van der Waals surface area contributed by atoms with Gasteiger partial charge >= 0.3 is 0 Å². The van der Waals surface area contributed by atoms with Gasteiger partial charge in [0.15, 0.2) is 0 Å². The van der Waals surface area contributed by atoms with E-state index in [4.69, 9.17) is 4.74 Å². The second-order valence-electron chi connectivity index (χ2n) is 5.56. The lowest BCUT2D eigenvalue weighted by Crippen LogP contribution is -2.42. The minimum atomic E-state index is 0.707. The molecule has 3 nitrogen and oxygen atoms in total. The van der Waals surface area contributed by atoms with E-state index in [1.165, 1.54) is 24.9 Å². The zero-order valence-electron chi connectivity index (χ0n) is 12.9. The van der Waals surface area contributed by atoms with Crippen LogP contribution < -0.4 is 15.0 Å². The summed E-state index contributed by atoms with van der Waals surface area (Å²) in [6.45, 7) is 8.60. The molecule has 0 spiro atoms. The van der Waals surface area contributed by atoms with Gasteiger partial charge in [-0.1, -0.05) is 13.8 Å². The molecule has 1 aromatic carbocycles. The van der Waals surface area contributed by atoms with E-state index in [9.17, 15) is 0 Å². The highest BCUT2D eigenvalue weighted by Crippen LogP contribution is 2.23. The Hall–Kier alpha value is -1.22. The number of ether oxygens (including phenoxy) is 1. The minimum Gasteiger partial charge on any atom is -0.494 e. The van der Waals surface area contributed by atoms with Gasteiger partial charge in [-0.2, -0.15) is 0 Å². The first-order valence-electron chi connectivity index (χ1n) is 8.04. The number of hydrogen-bond donors (Lipinski definition) is 1. The van der Waals surface area contributed by atoms with Gasteiger partial charge in [-0.15, -0.1) is 0 Å². The molecule has 0 aliphatic carbocycles. The minimum absolute atomic E-state index is 0.707. The quantitative estimate of drug-likeness (QED) is 0.825. The number of anilines is 1. The molecular weight excluding hydrogens is 248 g/mol. The SMILES string of the molecule is CCCNC1CCN(c2ccc(OCCC)cc2)CC1. The third-order valence-electron chi connectivity index (χ3n) is 3.85. The third kappa shape index (κ3) is 4.41. The monoisotopic (exact) mass is 276 g/mol. The fourth-order valence-electron chi connectivity index (χ4n) is 2.66. The second kappa shape index (κ2) is 8.15. The van der Waals surface area contributed by atoms with Gasteiger partial charge in [0.1, 0.15) is 5.75 Å². The molecule has 0 atom stereocenters. The average molecular weight is 276 g/mol. The molecule has 2 rings (SSSR count). The fourth-order valence-corrected chi connectivity index (χ4v) is 2.66. The Morgan fingerprint density at radius 3 is 2.40 bits per heavy atom. The Morgan fingerprint density at radius 1 is 1.10 bits per heavy atom. The standard InChI is InChI=1S/C17H28N2O/c1-3-11-18-15-9-12-19(13-10-15)16-5-7-17(8-6-16)20-14-4-2/h5-8,15,18H,3-4,9-14H2,1-2H3. The van der Waals surface area contributed by atoms with Crippen molar-refractivity contribution in [2.75, 3.05) is 31.1 Å². The smallest absolute Gasteiger partial charge is 0.119 e. The van der Waals surface area contributed by atoms with Crippen LogP contribution in [0.2, 0.25) is 0 Å². The summed E-state index contributed by atoms with van der Waals surface area (Å²) in [6.07, 6.45) is 4.77. The van der Waals surface area contributed by atoms with E-state index in [0.717, 1.165) is 38.4 Å². The van der Waals surface area contributed by atoms with Gasteiger partial charge in [0.05, 0.1) is 6.61 Å². The summed E-state index contributed by atoms with van der Waals surface area (Å²) >= 11 is 0. The van der Waals surface area contributed by atoms with Crippen molar-refractivity contribution < 1.29 is 4.74 Å². The van der Waals surface area contributed by atoms with Crippen LogP contribution in [0.5, 0.6) is 5.75 Å². The molecule has 0 unspecified atom stereocenters. The Bertz CT molecular complexity index is 369. The predicted octanol–water partition coefficient (Wildman–Crippen LogP) is 3.44. The molecular formula is C17H28N2O. The average Bonchev–Trinajstić information content (AvgIpc) is 2.52. The summed E-state index contributed by atoms with van der Waals surface area (Å²) in [7, 11) is 0. The predicted molar refractivity (Wildman–Crippen MR) is 85.8 cm³/mol. The van der Waals surface area contributed by atoms with Gasteiger partial charge in [0.25, 0.3) is 0 Å². The van der Waals surface area contributed by atoms with Crippen LogP contribution in [0.25, 0.3) is 0 Å². The van der Waals surface area contributed by atoms with E-state index in [0.29, 0.717) is 6.04 Å². The fraction of sp³-hybridized carbons (Fsp3) is 0.647. The molecule has 0 bridgehead atoms. The Labute approximate surface area is 123 Å². The van der Waals surface area contributed by atoms with Gasteiger partial charge in [-0.05, 0) is 56.5 Å². The summed E-state index contributed by atoms with van der Waals surface area (Å²) in [4.78, 5) is 2.48. The molecule has 0 radical (unpaired) electrons. The highest BCUT2D eigenvalue weighted by atomic mass is 16.5. The van der Waals surface area contributed by atoms with Crippen molar-refractivity contribution in [3.8, 4) is 5.75 Å². The molecule has 1 N–H and O–H groups in total. The molecule has 20 heavy (non-hydrogen) atoms. The molecule has 1 aliphatic rings. The van der Waals surface area contributed by atoms with E-state index in [1.807, 2.05) is 0 Å². The van der Waals surface area contributed by atoms with Gasteiger partial charge in [0, 0.05) is 24.8 Å². The number of nitrogens with one attached hydrogen (secondary N) is 1. The van der Waals surface area contributed by atoms with E-state index in [-0.39, 0.29) is 0 Å². The van der Waals surface area contributed by atoms with Gasteiger partial charge in [-0.3, -0.25) is 0 Å². The van der Waals surface area contributed by atoms with Crippen molar-refractivity contribution in [3.05, 3.63) is 24.3 Å². The van der Waals surface area contributed by atoms with Crippen LogP contribution in [0.4, 0.5) is 5.69 Å². The largest absolute Gasteiger partial charge is 0.494 e. The molecule has 1 fully saturated rings. The topological polar surface area (TPSA) is 24.5 Å². The van der Waals surface area contributed by atoms with E-state index >= 15 is 0 Å². The molecule has 3 heteroatoms. The van der Waals surface area contributed by atoms with Crippen molar-refractivity contribution >= 4 is 5.69 Å². The lowest BCUT2D eigenvalue weighted by molar-refractivity contribution is 0.317. The summed E-state index contributed by atoms with van der Waals surface area (Å²) in [5, 5.41) is 3.63.